The molecule has 0 bridgehead atoms. The first kappa shape index (κ1) is 19.1. The highest BCUT2D eigenvalue weighted by Gasteiger charge is 2.21. The van der Waals surface area contributed by atoms with Crippen molar-refractivity contribution in [2.24, 2.45) is 17.6 Å². The highest BCUT2D eigenvalue weighted by atomic mass is 35.5. The van der Waals surface area contributed by atoms with Crippen LogP contribution < -0.4 is 11.1 Å². The maximum Gasteiger partial charge on any atom is 0.241 e. The molecule has 6 nitrogen and oxygen atoms in total. The Kier molecular flexibility index (Phi) is 8.76. The van der Waals surface area contributed by atoms with Crippen LogP contribution in [0.15, 0.2) is 0 Å². The van der Waals surface area contributed by atoms with Gasteiger partial charge in [-0.3, -0.25) is 9.59 Å². The molecule has 0 spiro atoms. The number of likely N-dealkylation sites (N-methyl/N-ethyl adjacent to an activating group) is 1. The number of carbonyl (C=O) groups is 2. The lowest BCUT2D eigenvalue weighted by Gasteiger charge is -2.21. The molecule has 118 valence electrons. The van der Waals surface area contributed by atoms with Gasteiger partial charge in [-0.05, 0) is 12.3 Å². The molecule has 0 saturated carbocycles. The fourth-order valence-electron chi connectivity index (χ4n) is 1.93. The van der Waals surface area contributed by atoms with E-state index in [9.17, 15) is 9.59 Å². The average Bonchev–Trinajstić information content (AvgIpc) is 2.86. The van der Waals surface area contributed by atoms with Crippen molar-refractivity contribution in [1.82, 2.24) is 10.2 Å². The number of halogens is 1. The number of rotatable bonds is 6. The summed E-state index contributed by atoms with van der Waals surface area (Å²) in [7, 11) is 1.75. The first-order chi connectivity index (χ1) is 8.91. The minimum absolute atomic E-state index is 0. The lowest BCUT2D eigenvalue weighted by molar-refractivity contribution is -0.132. The van der Waals surface area contributed by atoms with Gasteiger partial charge in [0, 0.05) is 26.1 Å². The quantitative estimate of drug-likeness (QED) is 0.723. The maximum atomic E-state index is 11.9. The molecule has 0 aromatic rings. The molecular formula is C13H26ClN3O3. The molecule has 1 heterocycles. The van der Waals surface area contributed by atoms with E-state index in [1.54, 1.807) is 11.9 Å². The molecule has 20 heavy (non-hydrogen) atoms. The van der Waals surface area contributed by atoms with E-state index >= 15 is 0 Å². The van der Waals surface area contributed by atoms with E-state index < -0.39 is 6.04 Å². The van der Waals surface area contributed by atoms with Crippen LogP contribution in [-0.2, 0) is 14.3 Å². The zero-order chi connectivity index (χ0) is 14.4. The summed E-state index contributed by atoms with van der Waals surface area (Å²) in [6.07, 6.45) is 0.988. The Morgan fingerprint density at radius 2 is 2.10 bits per heavy atom. The van der Waals surface area contributed by atoms with Crippen molar-refractivity contribution in [2.75, 3.05) is 33.4 Å². The largest absolute Gasteiger partial charge is 0.381 e. The Labute approximate surface area is 126 Å². The van der Waals surface area contributed by atoms with Crippen LogP contribution in [0.1, 0.15) is 20.3 Å². The van der Waals surface area contributed by atoms with Gasteiger partial charge in [0.05, 0.1) is 19.2 Å². The smallest absolute Gasteiger partial charge is 0.241 e. The normalized spacial score (nSPS) is 19.4. The molecule has 0 aromatic carbocycles. The molecule has 0 aromatic heterocycles. The van der Waals surface area contributed by atoms with Crippen LogP contribution in [-0.4, -0.2) is 56.1 Å². The predicted molar refractivity (Wildman–Crippen MR) is 79.6 cm³/mol. The van der Waals surface area contributed by atoms with Gasteiger partial charge in [0.15, 0.2) is 0 Å². The summed E-state index contributed by atoms with van der Waals surface area (Å²) in [5.41, 5.74) is 5.70. The van der Waals surface area contributed by atoms with Crippen molar-refractivity contribution in [1.29, 1.82) is 0 Å². The van der Waals surface area contributed by atoms with E-state index in [1.807, 2.05) is 13.8 Å². The van der Waals surface area contributed by atoms with E-state index in [4.69, 9.17) is 10.5 Å². The standard InChI is InChI=1S/C13H25N3O3.ClH/c1-9(2)12(14)13(18)15-6-11(17)16(3)7-10-4-5-19-8-10;/h9-10,12H,4-8,14H2,1-3H3,(H,15,18);1H/t10?,12-;/m0./s1. The second kappa shape index (κ2) is 9.15. The van der Waals surface area contributed by atoms with Crippen molar-refractivity contribution in [3.8, 4) is 0 Å². The molecule has 1 aliphatic rings. The molecule has 0 radical (unpaired) electrons. The molecule has 1 unspecified atom stereocenters. The van der Waals surface area contributed by atoms with Crippen molar-refractivity contribution >= 4 is 24.2 Å². The molecule has 2 amide bonds. The predicted octanol–water partition coefficient (Wildman–Crippen LogP) is 0.00260. The number of nitrogens with one attached hydrogen (secondary N) is 1. The van der Waals surface area contributed by atoms with E-state index in [-0.39, 0.29) is 36.7 Å². The zero-order valence-electron chi connectivity index (χ0n) is 12.4. The Morgan fingerprint density at radius 3 is 2.60 bits per heavy atom. The number of nitrogens with zero attached hydrogens (tertiary/aromatic N) is 1. The highest BCUT2D eigenvalue weighted by Crippen LogP contribution is 2.13. The summed E-state index contributed by atoms with van der Waals surface area (Å²) < 4.78 is 5.27. The fraction of sp³-hybridized carbons (Fsp3) is 0.846. The minimum atomic E-state index is -0.568. The van der Waals surface area contributed by atoms with Gasteiger partial charge in [-0.2, -0.15) is 0 Å². The second-order valence-corrected chi connectivity index (χ2v) is 5.49. The third kappa shape index (κ3) is 6.07. The van der Waals surface area contributed by atoms with Crippen LogP contribution in [0, 0.1) is 11.8 Å². The van der Waals surface area contributed by atoms with Crippen LogP contribution in [0.2, 0.25) is 0 Å². The van der Waals surface area contributed by atoms with Gasteiger partial charge in [0.25, 0.3) is 0 Å². The highest BCUT2D eigenvalue weighted by molar-refractivity contribution is 5.87. The summed E-state index contributed by atoms with van der Waals surface area (Å²) in [6, 6.07) is -0.568. The van der Waals surface area contributed by atoms with Crippen LogP contribution in [0.25, 0.3) is 0 Å². The Balaban J connectivity index is 0.00000361. The van der Waals surface area contributed by atoms with Gasteiger partial charge in [-0.15, -0.1) is 12.4 Å². The van der Waals surface area contributed by atoms with Crippen molar-refractivity contribution in [3.05, 3.63) is 0 Å². The van der Waals surface area contributed by atoms with E-state index in [0.29, 0.717) is 19.1 Å². The van der Waals surface area contributed by atoms with Gasteiger partial charge in [0.1, 0.15) is 0 Å². The molecule has 1 fully saturated rings. The van der Waals surface area contributed by atoms with Crippen molar-refractivity contribution < 1.29 is 14.3 Å². The number of amides is 2. The van der Waals surface area contributed by atoms with Gasteiger partial charge in [0.2, 0.25) is 11.8 Å². The molecule has 0 aliphatic carbocycles. The van der Waals surface area contributed by atoms with Crippen LogP contribution in [0.5, 0.6) is 0 Å². The molecule has 3 N–H and O–H groups in total. The van der Waals surface area contributed by atoms with Gasteiger partial charge < -0.3 is 20.7 Å². The monoisotopic (exact) mass is 307 g/mol. The molecule has 7 heteroatoms. The number of carbonyl (C=O) groups excluding carboxylic acids is 2. The Morgan fingerprint density at radius 1 is 1.45 bits per heavy atom. The van der Waals surface area contributed by atoms with E-state index in [1.165, 1.54) is 0 Å². The van der Waals surface area contributed by atoms with Gasteiger partial charge in [-0.1, -0.05) is 13.8 Å². The molecule has 1 aliphatic heterocycles. The number of hydrogen-bond donors (Lipinski definition) is 2. The van der Waals surface area contributed by atoms with Crippen molar-refractivity contribution in [2.45, 2.75) is 26.3 Å². The average molecular weight is 308 g/mol. The summed E-state index contributed by atoms with van der Waals surface area (Å²) in [5.74, 6) is 0.0863. The SMILES string of the molecule is CC(C)[C@H](N)C(=O)NCC(=O)N(C)CC1CCOC1.Cl. The van der Waals surface area contributed by atoms with Crippen LogP contribution in [0.4, 0.5) is 0 Å². The molecular weight excluding hydrogens is 282 g/mol. The first-order valence-electron chi connectivity index (χ1n) is 6.76. The molecule has 1 saturated heterocycles. The first-order valence-corrected chi connectivity index (χ1v) is 6.76. The maximum absolute atomic E-state index is 11.9. The summed E-state index contributed by atoms with van der Waals surface area (Å²) in [4.78, 5) is 25.1. The third-order valence-corrected chi connectivity index (χ3v) is 3.42. The lowest BCUT2D eigenvalue weighted by Crippen LogP contribution is -2.47. The summed E-state index contributed by atoms with van der Waals surface area (Å²) in [6.45, 7) is 5.90. The van der Waals surface area contributed by atoms with Gasteiger partial charge >= 0.3 is 0 Å². The van der Waals surface area contributed by atoms with E-state index in [0.717, 1.165) is 13.0 Å². The van der Waals surface area contributed by atoms with E-state index in [2.05, 4.69) is 5.32 Å². The van der Waals surface area contributed by atoms with Crippen LogP contribution >= 0.6 is 12.4 Å². The summed E-state index contributed by atoms with van der Waals surface area (Å²) >= 11 is 0. The Bertz CT molecular complexity index is 320. The topological polar surface area (TPSA) is 84.7 Å². The number of ether oxygens (including phenoxy) is 1. The molecule has 1 rings (SSSR count). The fourth-order valence-corrected chi connectivity index (χ4v) is 1.93. The van der Waals surface area contributed by atoms with Gasteiger partial charge in [-0.25, -0.2) is 0 Å². The second-order valence-electron chi connectivity index (χ2n) is 5.49. The third-order valence-electron chi connectivity index (χ3n) is 3.42. The minimum Gasteiger partial charge on any atom is -0.381 e. The lowest BCUT2D eigenvalue weighted by atomic mass is 10.1. The molecule has 2 atom stereocenters. The summed E-state index contributed by atoms with van der Waals surface area (Å²) in [5, 5.41) is 2.58. The zero-order valence-corrected chi connectivity index (χ0v) is 13.2. The van der Waals surface area contributed by atoms with Crippen LogP contribution in [0.3, 0.4) is 0 Å². The number of hydrogen-bond acceptors (Lipinski definition) is 4. The number of nitrogens with two attached hydrogens (primary N) is 1. The van der Waals surface area contributed by atoms with Crippen molar-refractivity contribution in [3.63, 3.8) is 0 Å². The Hall–Kier alpha value is -0.850.